The van der Waals surface area contributed by atoms with Crippen LogP contribution in [0.25, 0.3) is 10.9 Å². The lowest BCUT2D eigenvalue weighted by Gasteiger charge is -2.09. The number of nitrogens with one attached hydrogen (secondary N) is 3. The summed E-state index contributed by atoms with van der Waals surface area (Å²) in [4.78, 5) is 34.8. The molecule has 9 heteroatoms. The molecule has 26 heavy (non-hydrogen) atoms. The van der Waals surface area contributed by atoms with Gasteiger partial charge in [0.25, 0.3) is 0 Å². The average molecular weight is 362 g/mol. The van der Waals surface area contributed by atoms with E-state index >= 15 is 0 Å². The van der Waals surface area contributed by atoms with Gasteiger partial charge in [0.1, 0.15) is 13.1 Å². The number of carbonyl (C=O) groups excluding carboxylic acids is 3. The monoisotopic (exact) mass is 362 g/mol. The van der Waals surface area contributed by atoms with E-state index in [1.807, 2.05) is 12.1 Å². The Balaban J connectivity index is 2.01. The van der Waals surface area contributed by atoms with Crippen LogP contribution >= 0.6 is 0 Å². The highest BCUT2D eigenvalue weighted by molar-refractivity contribution is 5.93. The zero-order valence-corrected chi connectivity index (χ0v) is 14.7. The first-order valence-electron chi connectivity index (χ1n) is 7.99. The van der Waals surface area contributed by atoms with Gasteiger partial charge in [-0.2, -0.15) is 0 Å². The maximum atomic E-state index is 12.0. The summed E-state index contributed by atoms with van der Waals surface area (Å²) < 4.78 is 11.1. The normalized spacial score (nSPS) is 10.4. The van der Waals surface area contributed by atoms with Crippen LogP contribution in [-0.4, -0.2) is 56.4 Å². The third-order valence-electron chi connectivity index (χ3n) is 3.60. The van der Waals surface area contributed by atoms with E-state index in [9.17, 15) is 14.4 Å². The molecular weight excluding hydrogens is 340 g/mol. The Morgan fingerprint density at radius 1 is 1.12 bits per heavy atom. The van der Waals surface area contributed by atoms with Crippen molar-refractivity contribution < 1.29 is 23.9 Å². The van der Waals surface area contributed by atoms with Crippen molar-refractivity contribution in [3.63, 3.8) is 0 Å². The molecule has 1 heterocycles. The molecule has 0 bridgehead atoms. The molecule has 1 aromatic carbocycles. The predicted octanol–water partition coefficient (Wildman–Crippen LogP) is 0.698. The number of carbonyl (C=O) groups is 3. The van der Waals surface area contributed by atoms with Crippen LogP contribution in [0.4, 0.5) is 10.5 Å². The third kappa shape index (κ3) is 5.49. The highest BCUT2D eigenvalue weighted by Crippen LogP contribution is 2.20. The second-order valence-electron chi connectivity index (χ2n) is 5.44. The van der Waals surface area contributed by atoms with Crippen LogP contribution in [0.1, 0.15) is 0 Å². The van der Waals surface area contributed by atoms with Crippen molar-refractivity contribution in [2.45, 2.75) is 6.54 Å². The second-order valence-corrected chi connectivity index (χ2v) is 5.44. The summed E-state index contributed by atoms with van der Waals surface area (Å²) in [5, 5.41) is 8.81. The van der Waals surface area contributed by atoms with Crippen LogP contribution in [0.2, 0.25) is 0 Å². The number of ether oxygens (including phenoxy) is 2. The number of fused-ring (bicyclic) bond motifs is 1. The number of urea groups is 1. The van der Waals surface area contributed by atoms with Crippen molar-refractivity contribution in [3.05, 3.63) is 30.5 Å². The van der Waals surface area contributed by atoms with E-state index in [1.165, 1.54) is 7.11 Å². The molecule has 0 aliphatic heterocycles. The van der Waals surface area contributed by atoms with Crippen molar-refractivity contribution in [2.75, 3.05) is 39.2 Å². The van der Waals surface area contributed by atoms with Crippen molar-refractivity contribution in [1.82, 2.24) is 15.2 Å². The molecule has 0 saturated carbocycles. The Kier molecular flexibility index (Phi) is 6.98. The highest BCUT2D eigenvalue weighted by Gasteiger charge is 2.09. The van der Waals surface area contributed by atoms with Crippen LogP contribution in [0.15, 0.2) is 30.5 Å². The van der Waals surface area contributed by atoms with Gasteiger partial charge in [0.2, 0.25) is 5.91 Å². The van der Waals surface area contributed by atoms with E-state index in [4.69, 9.17) is 4.74 Å². The molecule has 3 N–H and O–H groups in total. The SMILES string of the molecule is COCCNC(=O)Nc1ccc2ccn(CC(=O)NCC(=O)OC)c2c1. The van der Waals surface area contributed by atoms with Gasteiger partial charge in [-0.1, -0.05) is 6.07 Å². The number of rotatable bonds is 8. The Labute approximate surface area is 150 Å². The lowest BCUT2D eigenvalue weighted by atomic mass is 10.2. The first-order valence-corrected chi connectivity index (χ1v) is 7.99. The minimum atomic E-state index is -0.512. The number of aromatic nitrogens is 1. The lowest BCUT2D eigenvalue weighted by molar-refractivity contribution is -0.141. The Hall–Kier alpha value is -3.07. The zero-order chi connectivity index (χ0) is 18.9. The zero-order valence-electron chi connectivity index (χ0n) is 14.7. The van der Waals surface area contributed by atoms with Crippen LogP contribution in [0.3, 0.4) is 0 Å². The third-order valence-corrected chi connectivity index (χ3v) is 3.60. The van der Waals surface area contributed by atoms with Gasteiger partial charge in [-0.25, -0.2) is 4.79 Å². The fourth-order valence-electron chi connectivity index (χ4n) is 2.30. The molecular formula is C17H22N4O5. The molecule has 0 spiro atoms. The van der Waals surface area contributed by atoms with Crippen LogP contribution < -0.4 is 16.0 Å². The van der Waals surface area contributed by atoms with Crippen molar-refractivity contribution >= 4 is 34.5 Å². The van der Waals surface area contributed by atoms with E-state index < -0.39 is 5.97 Å². The van der Waals surface area contributed by atoms with Crippen LogP contribution in [0, 0.1) is 0 Å². The fourth-order valence-corrected chi connectivity index (χ4v) is 2.30. The molecule has 2 rings (SSSR count). The number of esters is 1. The summed E-state index contributed by atoms with van der Waals surface area (Å²) >= 11 is 0. The number of hydrogen-bond donors (Lipinski definition) is 3. The van der Waals surface area contributed by atoms with Crippen molar-refractivity contribution in [1.29, 1.82) is 0 Å². The van der Waals surface area contributed by atoms with Crippen molar-refractivity contribution in [3.8, 4) is 0 Å². The number of hydrogen-bond acceptors (Lipinski definition) is 5. The van der Waals surface area contributed by atoms with Crippen molar-refractivity contribution in [2.24, 2.45) is 0 Å². The standard InChI is InChI=1S/C17H22N4O5/c1-25-8-6-18-17(24)20-13-4-3-12-5-7-21(14(12)9-13)11-15(22)19-10-16(23)26-2/h3-5,7,9H,6,8,10-11H2,1-2H3,(H,19,22)(H2,18,20,24). The summed E-state index contributed by atoms with van der Waals surface area (Å²) in [6, 6.07) is 6.93. The number of nitrogens with zero attached hydrogens (tertiary/aromatic N) is 1. The summed E-state index contributed by atoms with van der Waals surface area (Å²) in [7, 11) is 2.82. The Morgan fingerprint density at radius 2 is 1.92 bits per heavy atom. The summed E-state index contributed by atoms with van der Waals surface area (Å²) in [6.45, 7) is 0.699. The molecule has 1 aromatic heterocycles. The van der Waals surface area contributed by atoms with Gasteiger partial charge < -0.3 is 30.0 Å². The molecule has 9 nitrogen and oxygen atoms in total. The van der Waals surface area contributed by atoms with Gasteiger partial charge in [0, 0.05) is 25.5 Å². The molecule has 140 valence electrons. The molecule has 0 saturated heterocycles. The van der Waals surface area contributed by atoms with E-state index in [0.29, 0.717) is 18.8 Å². The maximum absolute atomic E-state index is 12.0. The van der Waals surface area contributed by atoms with E-state index in [2.05, 4.69) is 20.7 Å². The Morgan fingerprint density at radius 3 is 2.65 bits per heavy atom. The summed E-state index contributed by atoms with van der Waals surface area (Å²) in [5.41, 5.74) is 1.38. The van der Waals surface area contributed by atoms with Crippen LogP contribution in [-0.2, 0) is 25.6 Å². The molecule has 0 fully saturated rings. The minimum absolute atomic E-state index is 0.0456. The summed E-state index contributed by atoms with van der Waals surface area (Å²) in [5.74, 6) is -0.828. The maximum Gasteiger partial charge on any atom is 0.325 e. The molecule has 0 aliphatic carbocycles. The van der Waals surface area contributed by atoms with Gasteiger partial charge in [-0.3, -0.25) is 9.59 Å². The quantitative estimate of drug-likeness (QED) is 0.473. The molecule has 0 aliphatic rings. The molecule has 3 amide bonds. The number of amides is 3. The fraction of sp³-hybridized carbons (Fsp3) is 0.353. The van der Waals surface area contributed by atoms with Gasteiger partial charge in [0.15, 0.2) is 0 Å². The van der Waals surface area contributed by atoms with E-state index in [-0.39, 0.29) is 25.0 Å². The number of anilines is 1. The molecule has 0 unspecified atom stereocenters. The van der Waals surface area contributed by atoms with Gasteiger partial charge in [-0.15, -0.1) is 0 Å². The van der Waals surface area contributed by atoms with E-state index in [0.717, 1.165) is 10.9 Å². The molecule has 0 atom stereocenters. The average Bonchev–Trinajstić information content (AvgIpc) is 3.02. The largest absolute Gasteiger partial charge is 0.468 e. The van der Waals surface area contributed by atoms with Crippen LogP contribution in [0.5, 0.6) is 0 Å². The topological polar surface area (TPSA) is 111 Å². The first-order chi connectivity index (χ1) is 12.5. The number of methoxy groups -OCH3 is 2. The smallest absolute Gasteiger partial charge is 0.325 e. The number of benzene rings is 1. The van der Waals surface area contributed by atoms with Gasteiger partial charge >= 0.3 is 12.0 Å². The minimum Gasteiger partial charge on any atom is -0.468 e. The van der Waals surface area contributed by atoms with E-state index in [1.54, 1.807) is 30.0 Å². The molecule has 2 aromatic rings. The highest BCUT2D eigenvalue weighted by atomic mass is 16.5. The summed E-state index contributed by atoms with van der Waals surface area (Å²) in [6.07, 6.45) is 1.77. The van der Waals surface area contributed by atoms with Gasteiger partial charge in [0.05, 0.1) is 19.2 Å². The second kappa shape index (κ2) is 9.42. The first kappa shape index (κ1) is 19.3. The predicted molar refractivity (Wildman–Crippen MR) is 95.9 cm³/mol. The molecule has 0 radical (unpaired) electrons. The Bertz CT molecular complexity index is 787. The van der Waals surface area contributed by atoms with Gasteiger partial charge in [-0.05, 0) is 23.6 Å². The lowest BCUT2D eigenvalue weighted by Crippen LogP contribution is -2.32.